The Morgan fingerprint density at radius 3 is 2.94 bits per heavy atom. The number of nitrogens with one attached hydrogen (secondary N) is 1. The monoisotopic (exact) mass is 248 g/mol. The molecule has 1 saturated heterocycles. The summed E-state index contributed by atoms with van der Waals surface area (Å²) >= 11 is 0. The predicted molar refractivity (Wildman–Crippen MR) is 69.5 cm³/mol. The van der Waals surface area contributed by atoms with E-state index >= 15 is 0 Å². The standard InChI is InChI=1S/C14H20N2O2/c1-3-10-4-5-11(15-8-10)6-14(17)13-7-12(18-2)9-16-13/h4-5,8,12-13,16H,3,6-7,9H2,1-2H3. The van der Waals surface area contributed by atoms with E-state index in [9.17, 15) is 4.79 Å². The highest BCUT2D eigenvalue weighted by atomic mass is 16.5. The van der Waals surface area contributed by atoms with Crippen molar-refractivity contribution in [1.82, 2.24) is 10.3 Å². The van der Waals surface area contributed by atoms with Crippen molar-refractivity contribution < 1.29 is 9.53 Å². The fraction of sp³-hybridized carbons (Fsp3) is 0.571. The van der Waals surface area contributed by atoms with Crippen molar-refractivity contribution in [2.24, 2.45) is 0 Å². The Balaban J connectivity index is 1.90. The maximum atomic E-state index is 12.1. The van der Waals surface area contributed by atoms with Gasteiger partial charge in [-0.3, -0.25) is 9.78 Å². The number of hydrogen-bond donors (Lipinski definition) is 1. The highest BCUT2D eigenvalue weighted by molar-refractivity contribution is 5.86. The number of carbonyl (C=O) groups excluding carboxylic acids is 1. The van der Waals surface area contributed by atoms with Crippen molar-refractivity contribution in [2.75, 3.05) is 13.7 Å². The number of rotatable bonds is 5. The SMILES string of the molecule is CCc1ccc(CC(=O)C2CC(OC)CN2)nc1. The van der Waals surface area contributed by atoms with Gasteiger partial charge in [0.05, 0.1) is 18.6 Å². The molecule has 0 amide bonds. The fourth-order valence-electron chi connectivity index (χ4n) is 2.20. The summed E-state index contributed by atoms with van der Waals surface area (Å²) in [7, 11) is 1.68. The lowest BCUT2D eigenvalue weighted by molar-refractivity contribution is -0.120. The van der Waals surface area contributed by atoms with Gasteiger partial charge in [-0.15, -0.1) is 0 Å². The van der Waals surface area contributed by atoms with Gasteiger partial charge in [-0.1, -0.05) is 13.0 Å². The van der Waals surface area contributed by atoms with E-state index in [1.165, 1.54) is 5.56 Å². The van der Waals surface area contributed by atoms with Crippen LogP contribution in [0.2, 0.25) is 0 Å². The highest BCUT2D eigenvalue weighted by Crippen LogP contribution is 2.12. The number of aromatic nitrogens is 1. The highest BCUT2D eigenvalue weighted by Gasteiger charge is 2.29. The van der Waals surface area contributed by atoms with Crippen LogP contribution >= 0.6 is 0 Å². The van der Waals surface area contributed by atoms with Crippen LogP contribution in [-0.4, -0.2) is 36.6 Å². The van der Waals surface area contributed by atoms with Gasteiger partial charge in [0.15, 0.2) is 5.78 Å². The van der Waals surface area contributed by atoms with Crippen molar-refractivity contribution in [2.45, 2.75) is 38.3 Å². The molecule has 1 N–H and O–H groups in total. The van der Waals surface area contributed by atoms with Crippen LogP contribution in [0.4, 0.5) is 0 Å². The summed E-state index contributed by atoms with van der Waals surface area (Å²) in [5.41, 5.74) is 2.05. The lowest BCUT2D eigenvalue weighted by Gasteiger charge is -2.09. The lowest BCUT2D eigenvalue weighted by Crippen LogP contribution is -2.32. The van der Waals surface area contributed by atoms with E-state index in [1.807, 2.05) is 18.3 Å². The zero-order chi connectivity index (χ0) is 13.0. The average Bonchev–Trinajstić information content (AvgIpc) is 2.88. The van der Waals surface area contributed by atoms with E-state index < -0.39 is 0 Å². The summed E-state index contributed by atoms with van der Waals surface area (Å²) in [6, 6.07) is 3.90. The second-order valence-electron chi connectivity index (χ2n) is 4.71. The number of pyridine rings is 1. The maximum Gasteiger partial charge on any atom is 0.155 e. The maximum absolute atomic E-state index is 12.1. The Labute approximate surface area is 108 Å². The summed E-state index contributed by atoms with van der Waals surface area (Å²) in [4.78, 5) is 16.4. The van der Waals surface area contributed by atoms with Gasteiger partial charge in [0.1, 0.15) is 0 Å². The Morgan fingerprint density at radius 1 is 1.56 bits per heavy atom. The van der Waals surface area contributed by atoms with Crippen LogP contribution in [0.15, 0.2) is 18.3 Å². The minimum atomic E-state index is -0.0809. The smallest absolute Gasteiger partial charge is 0.155 e. The van der Waals surface area contributed by atoms with Crippen molar-refractivity contribution in [3.63, 3.8) is 0 Å². The largest absolute Gasteiger partial charge is 0.380 e. The molecule has 18 heavy (non-hydrogen) atoms. The molecule has 0 aromatic carbocycles. The Kier molecular flexibility index (Phi) is 4.44. The molecule has 0 spiro atoms. The first-order chi connectivity index (χ1) is 8.72. The Morgan fingerprint density at radius 2 is 2.39 bits per heavy atom. The molecule has 4 heteroatoms. The van der Waals surface area contributed by atoms with Crippen molar-refractivity contribution in [3.05, 3.63) is 29.6 Å². The van der Waals surface area contributed by atoms with E-state index in [2.05, 4.69) is 17.2 Å². The third-order valence-electron chi connectivity index (χ3n) is 3.46. The molecule has 0 radical (unpaired) electrons. The molecule has 1 aromatic heterocycles. The number of ketones is 1. The van der Waals surface area contributed by atoms with Crippen LogP contribution < -0.4 is 5.32 Å². The number of ether oxygens (including phenoxy) is 1. The summed E-state index contributed by atoms with van der Waals surface area (Å²) in [5, 5.41) is 3.20. The summed E-state index contributed by atoms with van der Waals surface area (Å²) in [6.45, 7) is 2.85. The van der Waals surface area contributed by atoms with Gasteiger partial charge in [-0.25, -0.2) is 0 Å². The molecule has 4 nitrogen and oxygen atoms in total. The van der Waals surface area contributed by atoms with Crippen molar-refractivity contribution in [1.29, 1.82) is 0 Å². The van der Waals surface area contributed by atoms with Crippen LogP contribution in [0.3, 0.4) is 0 Å². The number of hydrogen-bond acceptors (Lipinski definition) is 4. The van der Waals surface area contributed by atoms with Crippen molar-refractivity contribution in [3.8, 4) is 0 Å². The van der Waals surface area contributed by atoms with E-state index in [0.29, 0.717) is 6.42 Å². The minimum absolute atomic E-state index is 0.0809. The molecule has 0 aliphatic carbocycles. The molecule has 2 rings (SSSR count). The van der Waals surface area contributed by atoms with Crippen LogP contribution in [0.25, 0.3) is 0 Å². The Hall–Kier alpha value is -1.26. The molecule has 98 valence electrons. The van der Waals surface area contributed by atoms with Crippen LogP contribution in [0.1, 0.15) is 24.6 Å². The first kappa shape index (κ1) is 13.2. The molecule has 2 unspecified atom stereocenters. The van der Waals surface area contributed by atoms with Crippen LogP contribution in [-0.2, 0) is 22.4 Å². The molecular weight excluding hydrogens is 228 g/mol. The van der Waals surface area contributed by atoms with Gasteiger partial charge >= 0.3 is 0 Å². The number of aryl methyl sites for hydroxylation is 1. The van der Waals surface area contributed by atoms with Gasteiger partial charge in [0.2, 0.25) is 0 Å². The van der Waals surface area contributed by atoms with Gasteiger partial charge in [0.25, 0.3) is 0 Å². The van der Waals surface area contributed by atoms with E-state index in [-0.39, 0.29) is 17.9 Å². The van der Waals surface area contributed by atoms with Gasteiger partial charge in [-0.05, 0) is 24.5 Å². The summed E-state index contributed by atoms with van der Waals surface area (Å²) < 4.78 is 5.24. The quantitative estimate of drug-likeness (QED) is 0.848. The minimum Gasteiger partial charge on any atom is -0.380 e. The second kappa shape index (κ2) is 6.07. The van der Waals surface area contributed by atoms with Crippen LogP contribution in [0, 0.1) is 0 Å². The molecule has 1 aliphatic rings. The van der Waals surface area contributed by atoms with Gasteiger partial charge in [-0.2, -0.15) is 0 Å². The average molecular weight is 248 g/mol. The fourth-order valence-corrected chi connectivity index (χ4v) is 2.20. The molecule has 2 atom stereocenters. The first-order valence-electron chi connectivity index (χ1n) is 6.45. The normalized spacial score (nSPS) is 23.2. The van der Waals surface area contributed by atoms with E-state index in [4.69, 9.17) is 4.74 Å². The Bertz CT molecular complexity index is 403. The zero-order valence-corrected chi connectivity index (χ0v) is 11.0. The second-order valence-corrected chi connectivity index (χ2v) is 4.71. The number of methoxy groups -OCH3 is 1. The molecule has 1 aromatic rings. The summed E-state index contributed by atoms with van der Waals surface area (Å²) in [6.07, 6.45) is 4.15. The predicted octanol–water partition coefficient (Wildman–Crippen LogP) is 1.13. The number of Topliss-reactive ketones (excluding diaryl/α,β-unsaturated/α-hetero) is 1. The molecule has 1 fully saturated rings. The third kappa shape index (κ3) is 3.15. The molecule has 0 saturated carbocycles. The lowest BCUT2D eigenvalue weighted by atomic mass is 10.0. The summed E-state index contributed by atoms with van der Waals surface area (Å²) in [5.74, 6) is 0.200. The van der Waals surface area contributed by atoms with E-state index in [0.717, 1.165) is 25.1 Å². The van der Waals surface area contributed by atoms with E-state index in [1.54, 1.807) is 7.11 Å². The zero-order valence-electron chi connectivity index (χ0n) is 11.0. The topological polar surface area (TPSA) is 51.2 Å². The molecule has 1 aliphatic heterocycles. The first-order valence-corrected chi connectivity index (χ1v) is 6.45. The van der Waals surface area contributed by atoms with Crippen LogP contribution in [0.5, 0.6) is 0 Å². The molecule has 2 heterocycles. The van der Waals surface area contributed by atoms with Crippen molar-refractivity contribution >= 4 is 5.78 Å². The van der Waals surface area contributed by atoms with Gasteiger partial charge < -0.3 is 10.1 Å². The number of carbonyl (C=O) groups is 1. The van der Waals surface area contributed by atoms with Gasteiger partial charge in [0, 0.05) is 25.5 Å². The third-order valence-corrected chi connectivity index (χ3v) is 3.46. The molecule has 0 bridgehead atoms. The number of nitrogens with zero attached hydrogens (tertiary/aromatic N) is 1. The molecular formula is C14H20N2O2.